The maximum Gasteiger partial charge on any atom is 0.255 e. The minimum atomic E-state index is 0.200. The molecule has 28 heavy (non-hydrogen) atoms. The van der Waals surface area contributed by atoms with Crippen molar-refractivity contribution in [2.45, 2.75) is 44.6 Å². The van der Waals surface area contributed by atoms with Crippen LogP contribution in [0.2, 0.25) is 0 Å². The average Bonchev–Trinajstić information content (AvgIpc) is 3.45. The van der Waals surface area contributed by atoms with Crippen LogP contribution in [-0.2, 0) is 19.4 Å². The van der Waals surface area contributed by atoms with Gasteiger partial charge in [-0.15, -0.1) is 11.3 Å². The van der Waals surface area contributed by atoms with E-state index in [9.17, 15) is 4.79 Å². The fourth-order valence-corrected chi connectivity index (χ4v) is 5.74. The van der Waals surface area contributed by atoms with Crippen molar-refractivity contribution in [2.75, 3.05) is 19.6 Å². The summed E-state index contributed by atoms with van der Waals surface area (Å²) in [5.74, 6) is 0.454. The normalized spacial score (nSPS) is 19.3. The number of thiophene rings is 1. The number of rotatable bonds is 4. The molecule has 0 bridgehead atoms. The number of hydrogen-bond acceptors (Lipinski definition) is 5. The van der Waals surface area contributed by atoms with Crippen molar-refractivity contribution in [1.29, 1.82) is 0 Å². The third kappa shape index (κ3) is 2.93. The van der Waals surface area contributed by atoms with E-state index >= 15 is 0 Å². The Kier molecular flexibility index (Phi) is 4.64. The number of aromatic nitrogens is 3. The Morgan fingerprint density at radius 1 is 1.32 bits per heavy atom. The van der Waals surface area contributed by atoms with Crippen LogP contribution in [0.15, 0.2) is 23.7 Å². The van der Waals surface area contributed by atoms with E-state index in [-0.39, 0.29) is 11.8 Å². The SMILES string of the molecule is NCCn1nc([C@H]2CCN(C(=O)c3csc4c3CCCC4)C2)c2cccnc21. The Morgan fingerprint density at radius 3 is 3.11 bits per heavy atom. The fraction of sp³-hybridized carbons (Fsp3) is 0.476. The Hall–Kier alpha value is -2.25. The minimum Gasteiger partial charge on any atom is -0.338 e. The molecule has 7 heteroatoms. The summed E-state index contributed by atoms with van der Waals surface area (Å²) < 4.78 is 1.91. The van der Waals surface area contributed by atoms with Crippen molar-refractivity contribution < 1.29 is 4.79 Å². The number of amides is 1. The Bertz CT molecular complexity index is 1020. The lowest BCUT2D eigenvalue weighted by molar-refractivity contribution is 0.0790. The standard InChI is InChI=1S/C21H25N5OS/c22-8-11-26-20-16(5-3-9-23-20)19(24-26)14-7-10-25(12-14)21(27)17-13-28-18-6-2-1-4-15(17)18/h3,5,9,13-14H,1-2,4,6-8,10-12,22H2/t14-/m0/s1. The average molecular weight is 396 g/mol. The lowest BCUT2D eigenvalue weighted by Crippen LogP contribution is -2.29. The van der Waals surface area contributed by atoms with Crippen molar-refractivity contribution in [2.24, 2.45) is 5.73 Å². The van der Waals surface area contributed by atoms with Gasteiger partial charge in [0.1, 0.15) is 0 Å². The minimum absolute atomic E-state index is 0.200. The lowest BCUT2D eigenvalue weighted by Gasteiger charge is -2.18. The van der Waals surface area contributed by atoms with Crippen LogP contribution in [0.4, 0.5) is 0 Å². The van der Waals surface area contributed by atoms with Crippen molar-refractivity contribution >= 4 is 28.3 Å². The second kappa shape index (κ2) is 7.29. The Balaban J connectivity index is 1.40. The maximum atomic E-state index is 13.2. The van der Waals surface area contributed by atoms with Gasteiger partial charge in [0.2, 0.25) is 0 Å². The smallest absolute Gasteiger partial charge is 0.255 e. The molecular formula is C21H25N5OS. The summed E-state index contributed by atoms with van der Waals surface area (Å²) in [7, 11) is 0. The van der Waals surface area contributed by atoms with E-state index in [0.717, 1.165) is 54.6 Å². The molecule has 2 aliphatic rings. The molecule has 1 saturated heterocycles. The second-order valence-corrected chi connectivity index (χ2v) is 8.73. The van der Waals surface area contributed by atoms with Crippen LogP contribution in [0.5, 0.6) is 0 Å². The highest BCUT2D eigenvalue weighted by molar-refractivity contribution is 7.10. The molecule has 146 valence electrons. The number of fused-ring (bicyclic) bond motifs is 2. The zero-order valence-corrected chi connectivity index (χ0v) is 16.7. The molecule has 3 aromatic rings. The van der Waals surface area contributed by atoms with Crippen molar-refractivity contribution in [3.05, 3.63) is 45.4 Å². The first-order valence-corrected chi connectivity index (χ1v) is 11.0. The van der Waals surface area contributed by atoms with Gasteiger partial charge >= 0.3 is 0 Å². The first kappa shape index (κ1) is 17.8. The van der Waals surface area contributed by atoms with E-state index in [1.165, 1.54) is 23.3 Å². The van der Waals surface area contributed by atoms with Crippen LogP contribution >= 0.6 is 11.3 Å². The summed E-state index contributed by atoms with van der Waals surface area (Å²) in [4.78, 5) is 21.1. The molecule has 1 atom stereocenters. The molecule has 1 fully saturated rings. The van der Waals surface area contributed by atoms with Crippen LogP contribution in [0, 0.1) is 0 Å². The van der Waals surface area contributed by atoms with Gasteiger partial charge in [-0.25, -0.2) is 9.67 Å². The van der Waals surface area contributed by atoms with Gasteiger partial charge in [-0.2, -0.15) is 5.10 Å². The topological polar surface area (TPSA) is 77.0 Å². The highest BCUT2D eigenvalue weighted by atomic mass is 32.1. The fourth-order valence-electron chi connectivity index (χ4n) is 4.63. The van der Waals surface area contributed by atoms with E-state index < -0.39 is 0 Å². The molecule has 0 radical (unpaired) electrons. The predicted molar refractivity (Wildman–Crippen MR) is 111 cm³/mol. The van der Waals surface area contributed by atoms with Gasteiger partial charge in [0.05, 0.1) is 17.8 Å². The number of pyridine rings is 1. The number of aryl methyl sites for hydroxylation is 1. The molecule has 5 rings (SSSR count). The number of carbonyl (C=O) groups is 1. The van der Waals surface area contributed by atoms with Crippen LogP contribution in [0.3, 0.4) is 0 Å². The van der Waals surface area contributed by atoms with Gasteiger partial charge in [-0.05, 0) is 49.8 Å². The molecule has 0 unspecified atom stereocenters. The van der Waals surface area contributed by atoms with E-state index in [1.807, 2.05) is 15.6 Å². The number of likely N-dealkylation sites (tertiary alicyclic amines) is 1. The van der Waals surface area contributed by atoms with Gasteiger partial charge in [0.25, 0.3) is 5.91 Å². The van der Waals surface area contributed by atoms with Crippen molar-refractivity contribution in [3.63, 3.8) is 0 Å². The lowest BCUT2D eigenvalue weighted by atomic mass is 9.95. The molecule has 3 aromatic heterocycles. The van der Waals surface area contributed by atoms with Gasteiger partial charge < -0.3 is 10.6 Å². The first-order chi connectivity index (χ1) is 13.8. The second-order valence-electron chi connectivity index (χ2n) is 7.77. The van der Waals surface area contributed by atoms with Crippen LogP contribution in [0.1, 0.15) is 51.7 Å². The highest BCUT2D eigenvalue weighted by Gasteiger charge is 2.33. The number of hydrogen-bond donors (Lipinski definition) is 1. The zero-order valence-electron chi connectivity index (χ0n) is 15.9. The molecular weight excluding hydrogens is 370 g/mol. The Labute approximate surface area is 168 Å². The van der Waals surface area contributed by atoms with Gasteiger partial charge in [-0.1, -0.05) is 0 Å². The molecule has 1 aliphatic heterocycles. The summed E-state index contributed by atoms with van der Waals surface area (Å²) in [5.41, 5.74) is 9.95. The first-order valence-electron chi connectivity index (χ1n) is 10.2. The van der Waals surface area contributed by atoms with E-state index in [0.29, 0.717) is 13.1 Å². The summed E-state index contributed by atoms with van der Waals surface area (Å²) in [5, 5.41) is 8.00. The number of carbonyl (C=O) groups excluding carboxylic acids is 1. The summed E-state index contributed by atoms with van der Waals surface area (Å²) in [6.07, 6.45) is 7.38. The molecule has 0 spiro atoms. The van der Waals surface area contributed by atoms with Gasteiger partial charge in [-0.3, -0.25) is 4.79 Å². The summed E-state index contributed by atoms with van der Waals surface area (Å²) in [6, 6.07) is 4.03. The monoisotopic (exact) mass is 395 g/mol. The highest BCUT2D eigenvalue weighted by Crippen LogP contribution is 2.35. The van der Waals surface area contributed by atoms with Crippen LogP contribution < -0.4 is 5.73 Å². The molecule has 1 aliphatic carbocycles. The summed E-state index contributed by atoms with van der Waals surface area (Å²) >= 11 is 1.76. The number of nitrogens with zero attached hydrogens (tertiary/aromatic N) is 4. The molecule has 4 heterocycles. The predicted octanol–water partition coefficient (Wildman–Crippen LogP) is 2.96. The quantitative estimate of drug-likeness (QED) is 0.737. The van der Waals surface area contributed by atoms with E-state index in [4.69, 9.17) is 10.8 Å². The van der Waals surface area contributed by atoms with E-state index in [2.05, 4.69) is 16.4 Å². The molecule has 6 nitrogen and oxygen atoms in total. The van der Waals surface area contributed by atoms with Crippen LogP contribution in [-0.4, -0.2) is 45.2 Å². The number of nitrogens with two attached hydrogens (primary N) is 1. The summed E-state index contributed by atoms with van der Waals surface area (Å²) in [6.45, 7) is 2.71. The zero-order chi connectivity index (χ0) is 19.1. The van der Waals surface area contributed by atoms with Crippen LogP contribution in [0.25, 0.3) is 11.0 Å². The molecule has 2 N–H and O–H groups in total. The van der Waals surface area contributed by atoms with E-state index in [1.54, 1.807) is 17.5 Å². The molecule has 0 aromatic carbocycles. The van der Waals surface area contributed by atoms with Gasteiger partial charge in [0.15, 0.2) is 5.65 Å². The third-order valence-electron chi connectivity index (χ3n) is 6.03. The largest absolute Gasteiger partial charge is 0.338 e. The molecule has 0 saturated carbocycles. The molecule has 1 amide bonds. The van der Waals surface area contributed by atoms with Crippen molar-refractivity contribution in [1.82, 2.24) is 19.7 Å². The van der Waals surface area contributed by atoms with Gasteiger partial charge in [0, 0.05) is 47.4 Å². The maximum absolute atomic E-state index is 13.2. The Morgan fingerprint density at radius 2 is 2.21 bits per heavy atom. The van der Waals surface area contributed by atoms with Crippen molar-refractivity contribution in [3.8, 4) is 0 Å². The third-order valence-corrected chi connectivity index (χ3v) is 7.12.